The molecule has 2 unspecified atom stereocenters. The zero-order chi connectivity index (χ0) is 29.7. The van der Waals surface area contributed by atoms with Crippen molar-refractivity contribution in [1.29, 1.82) is 0 Å². The first-order valence-electron chi connectivity index (χ1n) is 11.7. The molecule has 1 aromatic carbocycles. The number of fused-ring (bicyclic) bond motifs is 1. The van der Waals surface area contributed by atoms with Gasteiger partial charge in [-0.15, -0.1) is 16.7 Å². The summed E-state index contributed by atoms with van der Waals surface area (Å²) in [5, 5.41) is 0. The summed E-state index contributed by atoms with van der Waals surface area (Å²) >= 11 is 1.37. The maximum Gasteiger partial charge on any atom is 0.705 e. The predicted molar refractivity (Wildman–Crippen MR) is 145 cm³/mol. The van der Waals surface area contributed by atoms with E-state index in [0.29, 0.717) is 23.0 Å². The minimum absolute atomic E-state index is 0.0220. The monoisotopic (exact) mass is 636 g/mol. The van der Waals surface area contributed by atoms with Gasteiger partial charge in [0.25, 0.3) is 5.56 Å². The summed E-state index contributed by atoms with van der Waals surface area (Å²) in [6.07, 6.45) is -0.357. The Kier molecular flexibility index (Phi) is 10.2. The summed E-state index contributed by atoms with van der Waals surface area (Å²) in [6, 6.07) is 2.85. The molecule has 224 valence electrons. The highest BCUT2D eigenvalue weighted by molar-refractivity contribution is 7.98. The van der Waals surface area contributed by atoms with Gasteiger partial charge in [-0.25, -0.2) is 9.55 Å². The summed E-state index contributed by atoms with van der Waals surface area (Å²) in [7, 11) is -3.66. The number of ether oxygens (including phenoxy) is 5. The summed E-state index contributed by atoms with van der Waals surface area (Å²) in [5.74, 6) is 2.09. The average molecular weight is 636 g/mol. The minimum atomic E-state index is -4.86. The quantitative estimate of drug-likeness (QED) is 0.112. The molecule has 1 fully saturated rings. The van der Waals surface area contributed by atoms with Gasteiger partial charge in [-0.1, -0.05) is 0 Å². The van der Waals surface area contributed by atoms with Gasteiger partial charge in [0, 0.05) is 28.0 Å². The molecule has 5 N–H and O–H groups in total. The molecule has 20 heteroatoms. The van der Waals surface area contributed by atoms with Gasteiger partial charge in [-0.3, -0.25) is 19.2 Å². The third-order valence-corrected chi connectivity index (χ3v) is 8.67. The first-order chi connectivity index (χ1) is 19.6. The fourth-order valence-corrected chi connectivity index (χ4v) is 6.27. The number of nitrogen functional groups attached to an aromatic ring is 1. The van der Waals surface area contributed by atoms with Crippen LogP contribution in [0.5, 0.6) is 17.2 Å². The van der Waals surface area contributed by atoms with Crippen LogP contribution < -0.4 is 25.5 Å². The molecule has 0 saturated carbocycles. The van der Waals surface area contributed by atoms with Crippen LogP contribution in [0, 0.1) is 0 Å². The van der Waals surface area contributed by atoms with E-state index in [9.17, 15) is 18.8 Å². The molecule has 1 saturated heterocycles. The molecule has 0 aliphatic carbocycles. The first-order valence-corrected chi connectivity index (χ1v) is 15.5. The first kappa shape index (κ1) is 31.2. The Morgan fingerprint density at radius 2 is 1.98 bits per heavy atom. The van der Waals surface area contributed by atoms with E-state index in [1.165, 1.54) is 39.4 Å². The number of H-pyrrole nitrogens is 1. The SMILES string of the molecule is COc1cc(OC)c(CSCO[C@H]2[C@H](n3cnc4c(=O)[nH]c(N)nc43)CO[C@@H]2COP(=O)(O)O[P+](=O)O)c(OC)c1. The number of nitrogens with zero attached hydrogens (tertiary/aromatic N) is 3. The number of anilines is 1. The number of thioether (sulfide) groups is 1. The van der Waals surface area contributed by atoms with E-state index >= 15 is 0 Å². The van der Waals surface area contributed by atoms with E-state index in [1.54, 1.807) is 16.7 Å². The molecule has 2 aromatic heterocycles. The number of phosphoric acid groups is 1. The van der Waals surface area contributed by atoms with Crippen LogP contribution in [-0.4, -0.2) is 82.0 Å². The highest BCUT2D eigenvalue weighted by atomic mass is 32.2. The highest BCUT2D eigenvalue weighted by Crippen LogP contribution is 2.51. The molecule has 4 rings (SSSR count). The van der Waals surface area contributed by atoms with E-state index in [-0.39, 0.29) is 29.7 Å². The largest absolute Gasteiger partial charge is 0.705 e. The van der Waals surface area contributed by atoms with Crippen molar-refractivity contribution in [2.75, 3.05) is 46.2 Å². The fraction of sp³-hybridized carbons (Fsp3) is 0.476. The molecule has 1 aliphatic heterocycles. The van der Waals surface area contributed by atoms with Crippen molar-refractivity contribution in [3.63, 3.8) is 0 Å². The molecular weight excluding hydrogens is 608 g/mol. The van der Waals surface area contributed by atoms with Gasteiger partial charge in [0.2, 0.25) is 5.95 Å². The summed E-state index contributed by atoms with van der Waals surface area (Å²) in [4.78, 5) is 41.5. The number of hydrogen-bond acceptors (Lipinski definition) is 14. The van der Waals surface area contributed by atoms with Gasteiger partial charge in [-0.2, -0.15) is 4.98 Å². The number of rotatable bonds is 14. The molecular formula is C21H28N5O12P2S+. The molecule has 5 atom stereocenters. The average Bonchev–Trinajstić information content (AvgIpc) is 3.52. The molecule has 0 bridgehead atoms. The number of imidazole rings is 1. The van der Waals surface area contributed by atoms with Crippen molar-refractivity contribution in [1.82, 2.24) is 19.5 Å². The van der Waals surface area contributed by atoms with Crippen LogP contribution in [0.2, 0.25) is 0 Å². The lowest BCUT2D eigenvalue weighted by molar-refractivity contribution is -0.0224. The number of aromatic nitrogens is 4. The van der Waals surface area contributed by atoms with Gasteiger partial charge in [-0.05, 0) is 4.31 Å². The molecule has 41 heavy (non-hydrogen) atoms. The Bertz CT molecular complexity index is 1480. The Balaban J connectivity index is 1.53. The molecule has 1 aliphatic rings. The number of aromatic amines is 1. The fourth-order valence-electron chi connectivity index (χ4n) is 4.22. The Morgan fingerprint density at radius 3 is 2.61 bits per heavy atom. The molecule has 0 spiro atoms. The number of phosphoric ester groups is 1. The van der Waals surface area contributed by atoms with Crippen LogP contribution in [-0.2, 0) is 33.2 Å². The van der Waals surface area contributed by atoms with Gasteiger partial charge in [0.15, 0.2) is 11.2 Å². The third-order valence-electron chi connectivity index (χ3n) is 6.02. The van der Waals surface area contributed by atoms with E-state index in [0.717, 1.165) is 5.56 Å². The molecule has 3 aromatic rings. The lowest BCUT2D eigenvalue weighted by atomic mass is 10.1. The topological polar surface area (TPSA) is 229 Å². The molecule has 17 nitrogen and oxygen atoms in total. The normalized spacial score (nSPS) is 20.6. The summed E-state index contributed by atoms with van der Waals surface area (Å²) in [5.41, 5.74) is 6.19. The Labute approximate surface area is 237 Å². The van der Waals surface area contributed by atoms with Crippen LogP contribution in [0.1, 0.15) is 11.6 Å². The van der Waals surface area contributed by atoms with Crippen molar-refractivity contribution in [3.8, 4) is 17.2 Å². The second kappa shape index (κ2) is 13.5. The van der Waals surface area contributed by atoms with Gasteiger partial charge < -0.3 is 34.0 Å². The molecule has 0 radical (unpaired) electrons. The maximum absolute atomic E-state index is 12.3. The van der Waals surface area contributed by atoms with E-state index in [4.69, 9.17) is 38.8 Å². The van der Waals surface area contributed by atoms with Crippen LogP contribution in [0.15, 0.2) is 23.3 Å². The van der Waals surface area contributed by atoms with Crippen molar-refractivity contribution < 1.29 is 51.4 Å². The number of hydrogen-bond donors (Lipinski definition) is 4. The number of methoxy groups -OCH3 is 3. The standard InChI is InChI=1S/C21H27N5O12P2S/c1-32-11-4-14(33-2)12(15(5-11)34-3)8-41-10-36-18-13(6-35-16(18)7-37-40(30,31)38-39(28)29)26-9-23-17-19(26)24-21(22)25-20(17)27/h4-5,9,13,16,18H,6-8,10H2,1-3H3,(H4-,22,24,25,27,28,29,30,31)/p+1/t13-,16-,18+/m1/s1. The van der Waals surface area contributed by atoms with Crippen LogP contribution in [0.4, 0.5) is 5.95 Å². The van der Waals surface area contributed by atoms with Crippen LogP contribution in [0.25, 0.3) is 11.2 Å². The van der Waals surface area contributed by atoms with Gasteiger partial charge in [0.1, 0.15) is 29.5 Å². The zero-order valence-corrected chi connectivity index (χ0v) is 24.6. The van der Waals surface area contributed by atoms with Gasteiger partial charge >= 0.3 is 16.1 Å². The molecule has 3 heterocycles. The van der Waals surface area contributed by atoms with Crippen LogP contribution >= 0.6 is 27.8 Å². The minimum Gasteiger partial charge on any atom is -0.496 e. The molecule has 0 amide bonds. The summed E-state index contributed by atoms with van der Waals surface area (Å²) in [6.45, 7) is -0.500. The number of nitrogens with one attached hydrogen (secondary N) is 1. The van der Waals surface area contributed by atoms with E-state index in [1.807, 2.05) is 0 Å². The van der Waals surface area contributed by atoms with Crippen molar-refractivity contribution in [2.45, 2.75) is 24.0 Å². The van der Waals surface area contributed by atoms with E-state index < -0.39 is 46.5 Å². The number of benzene rings is 1. The van der Waals surface area contributed by atoms with Gasteiger partial charge in [0.05, 0.1) is 52.9 Å². The van der Waals surface area contributed by atoms with Crippen molar-refractivity contribution in [2.24, 2.45) is 0 Å². The van der Waals surface area contributed by atoms with E-state index in [2.05, 4.69) is 19.3 Å². The predicted octanol–water partition coefficient (Wildman–Crippen LogP) is 1.73. The smallest absolute Gasteiger partial charge is 0.496 e. The third kappa shape index (κ3) is 7.35. The maximum atomic E-state index is 12.3. The lowest BCUT2D eigenvalue weighted by Gasteiger charge is -2.24. The zero-order valence-electron chi connectivity index (χ0n) is 22.0. The highest BCUT2D eigenvalue weighted by Gasteiger charge is 2.43. The Morgan fingerprint density at radius 1 is 1.27 bits per heavy atom. The second-order valence-corrected chi connectivity index (χ2v) is 11.7. The summed E-state index contributed by atoms with van der Waals surface area (Å²) < 4.78 is 61.6. The van der Waals surface area contributed by atoms with Crippen molar-refractivity contribution >= 4 is 45.0 Å². The lowest BCUT2D eigenvalue weighted by Crippen LogP contribution is -2.34. The Hall–Kier alpha value is -2.79. The van der Waals surface area contributed by atoms with Crippen molar-refractivity contribution in [3.05, 3.63) is 34.4 Å². The van der Waals surface area contributed by atoms with Crippen LogP contribution in [0.3, 0.4) is 0 Å². The second-order valence-electron chi connectivity index (χ2n) is 8.41. The number of nitrogens with two attached hydrogens (primary N) is 1.